The van der Waals surface area contributed by atoms with E-state index in [4.69, 9.17) is 14.5 Å². The monoisotopic (exact) mass is 345 g/mol. The van der Waals surface area contributed by atoms with Crippen molar-refractivity contribution in [3.63, 3.8) is 0 Å². The SMILES string of the molecule is CC(=O)OCCN1CCCC/C1=N\c1ccccc1N1CCOCC1. The predicted molar refractivity (Wildman–Crippen MR) is 98.6 cm³/mol. The molecule has 136 valence electrons. The second-order valence-electron chi connectivity index (χ2n) is 6.40. The highest BCUT2D eigenvalue weighted by atomic mass is 16.5. The number of anilines is 1. The zero-order chi connectivity index (χ0) is 17.5. The Morgan fingerprint density at radius 2 is 2.00 bits per heavy atom. The number of carbonyl (C=O) groups excluding carboxylic acids is 1. The van der Waals surface area contributed by atoms with Gasteiger partial charge in [0.2, 0.25) is 0 Å². The summed E-state index contributed by atoms with van der Waals surface area (Å²) in [6, 6.07) is 8.32. The Morgan fingerprint density at radius 1 is 1.20 bits per heavy atom. The van der Waals surface area contributed by atoms with Crippen LogP contribution in [-0.2, 0) is 14.3 Å². The number of amidine groups is 1. The topological polar surface area (TPSA) is 54.4 Å². The molecular formula is C19H27N3O3. The van der Waals surface area contributed by atoms with Crippen molar-refractivity contribution in [3.05, 3.63) is 24.3 Å². The molecule has 0 bridgehead atoms. The maximum absolute atomic E-state index is 11.0. The summed E-state index contributed by atoms with van der Waals surface area (Å²) in [5, 5.41) is 0. The standard InChI is InChI=1S/C19H27N3O3/c1-16(23)25-15-12-22-9-5-4-8-19(22)20-17-6-2-3-7-18(17)21-10-13-24-14-11-21/h2-3,6-7H,4-5,8-15H2,1H3/b20-19+. The van der Waals surface area contributed by atoms with Gasteiger partial charge in [0.15, 0.2) is 0 Å². The van der Waals surface area contributed by atoms with E-state index in [1.807, 2.05) is 6.07 Å². The van der Waals surface area contributed by atoms with Crippen LogP contribution in [0, 0.1) is 0 Å². The number of morpholine rings is 1. The Hall–Kier alpha value is -2.08. The number of aliphatic imine (C=N–C) groups is 1. The predicted octanol–water partition coefficient (Wildman–Crippen LogP) is 2.60. The highest BCUT2D eigenvalue weighted by molar-refractivity contribution is 5.87. The molecule has 0 aliphatic carbocycles. The average molecular weight is 345 g/mol. The fourth-order valence-electron chi connectivity index (χ4n) is 3.31. The molecule has 2 fully saturated rings. The summed E-state index contributed by atoms with van der Waals surface area (Å²) in [7, 11) is 0. The van der Waals surface area contributed by atoms with Gasteiger partial charge in [-0.15, -0.1) is 0 Å². The molecule has 0 spiro atoms. The minimum absolute atomic E-state index is 0.229. The summed E-state index contributed by atoms with van der Waals surface area (Å²) >= 11 is 0. The summed E-state index contributed by atoms with van der Waals surface area (Å²) in [6.07, 6.45) is 3.28. The Labute approximate surface area is 149 Å². The van der Waals surface area contributed by atoms with Gasteiger partial charge in [-0.05, 0) is 25.0 Å². The van der Waals surface area contributed by atoms with E-state index >= 15 is 0 Å². The van der Waals surface area contributed by atoms with Gasteiger partial charge >= 0.3 is 5.97 Å². The lowest BCUT2D eigenvalue weighted by Gasteiger charge is -2.32. The first kappa shape index (κ1) is 17.7. The van der Waals surface area contributed by atoms with Crippen molar-refractivity contribution in [2.24, 2.45) is 4.99 Å². The molecule has 1 aromatic carbocycles. The second kappa shape index (κ2) is 8.85. The number of rotatable bonds is 5. The Morgan fingerprint density at radius 3 is 2.80 bits per heavy atom. The van der Waals surface area contributed by atoms with Gasteiger partial charge in [0, 0.05) is 33.0 Å². The van der Waals surface area contributed by atoms with Crippen LogP contribution < -0.4 is 4.90 Å². The van der Waals surface area contributed by atoms with Crippen molar-refractivity contribution < 1.29 is 14.3 Å². The van der Waals surface area contributed by atoms with Crippen LogP contribution in [0.1, 0.15) is 26.2 Å². The summed E-state index contributed by atoms with van der Waals surface area (Å²) < 4.78 is 10.6. The molecule has 6 heteroatoms. The van der Waals surface area contributed by atoms with E-state index in [0.29, 0.717) is 13.2 Å². The van der Waals surface area contributed by atoms with Gasteiger partial charge in [-0.25, -0.2) is 4.99 Å². The largest absolute Gasteiger partial charge is 0.464 e. The summed E-state index contributed by atoms with van der Waals surface area (Å²) in [6.45, 7) is 6.87. The molecule has 3 rings (SSSR count). The minimum atomic E-state index is -0.229. The van der Waals surface area contributed by atoms with E-state index in [0.717, 1.165) is 63.6 Å². The van der Waals surface area contributed by atoms with Crippen molar-refractivity contribution in [1.29, 1.82) is 0 Å². The van der Waals surface area contributed by atoms with Crippen molar-refractivity contribution in [1.82, 2.24) is 4.90 Å². The maximum Gasteiger partial charge on any atom is 0.302 e. The molecule has 0 N–H and O–H groups in total. The molecule has 25 heavy (non-hydrogen) atoms. The summed E-state index contributed by atoms with van der Waals surface area (Å²) in [5.74, 6) is 0.868. The van der Waals surface area contributed by atoms with Gasteiger partial charge in [0.25, 0.3) is 0 Å². The van der Waals surface area contributed by atoms with E-state index in [1.54, 1.807) is 0 Å². The van der Waals surface area contributed by atoms with Crippen LogP contribution in [0.5, 0.6) is 0 Å². The van der Waals surface area contributed by atoms with E-state index in [9.17, 15) is 4.79 Å². The zero-order valence-electron chi connectivity index (χ0n) is 14.9. The molecule has 2 aliphatic rings. The first-order chi connectivity index (χ1) is 12.2. The lowest BCUT2D eigenvalue weighted by Crippen LogP contribution is -2.38. The number of likely N-dealkylation sites (tertiary alicyclic amines) is 1. The molecule has 0 saturated carbocycles. The number of para-hydroxylation sites is 2. The van der Waals surface area contributed by atoms with Crippen molar-refractivity contribution in [3.8, 4) is 0 Å². The normalized spacial score (nSPS) is 20.0. The van der Waals surface area contributed by atoms with Gasteiger partial charge in [-0.2, -0.15) is 0 Å². The number of benzene rings is 1. The van der Waals surface area contributed by atoms with Gasteiger partial charge < -0.3 is 19.3 Å². The molecular weight excluding hydrogens is 318 g/mol. The number of carbonyl (C=O) groups is 1. The highest BCUT2D eigenvalue weighted by Gasteiger charge is 2.19. The van der Waals surface area contributed by atoms with E-state index in [1.165, 1.54) is 12.6 Å². The van der Waals surface area contributed by atoms with Crippen LogP contribution >= 0.6 is 0 Å². The first-order valence-electron chi connectivity index (χ1n) is 9.11. The van der Waals surface area contributed by atoms with Gasteiger partial charge in [-0.1, -0.05) is 12.1 Å². The minimum Gasteiger partial charge on any atom is -0.464 e. The molecule has 2 saturated heterocycles. The molecule has 0 amide bonds. The summed E-state index contributed by atoms with van der Waals surface area (Å²) in [4.78, 5) is 20.6. The molecule has 2 heterocycles. The number of piperidine rings is 1. The van der Waals surface area contributed by atoms with Crippen molar-refractivity contribution >= 4 is 23.2 Å². The second-order valence-corrected chi connectivity index (χ2v) is 6.40. The smallest absolute Gasteiger partial charge is 0.302 e. The van der Waals surface area contributed by atoms with Crippen molar-refractivity contribution in [2.45, 2.75) is 26.2 Å². The molecule has 0 unspecified atom stereocenters. The van der Waals surface area contributed by atoms with Crippen molar-refractivity contribution in [2.75, 3.05) is 50.9 Å². The highest BCUT2D eigenvalue weighted by Crippen LogP contribution is 2.30. The number of hydrogen-bond acceptors (Lipinski definition) is 5. The maximum atomic E-state index is 11.0. The van der Waals surface area contributed by atoms with E-state index in [2.05, 4.69) is 28.0 Å². The van der Waals surface area contributed by atoms with Gasteiger partial charge in [0.1, 0.15) is 12.4 Å². The van der Waals surface area contributed by atoms with Gasteiger partial charge in [0.05, 0.1) is 31.1 Å². The Balaban J connectivity index is 1.76. The van der Waals surface area contributed by atoms with Crippen LogP contribution in [0.25, 0.3) is 0 Å². The molecule has 0 aromatic heterocycles. The van der Waals surface area contributed by atoms with Crippen LogP contribution in [0.15, 0.2) is 29.3 Å². The first-order valence-corrected chi connectivity index (χ1v) is 9.11. The van der Waals surface area contributed by atoms with Crippen LogP contribution in [0.2, 0.25) is 0 Å². The number of esters is 1. The quantitative estimate of drug-likeness (QED) is 0.768. The lowest BCUT2D eigenvalue weighted by molar-refractivity contribution is -0.141. The fourth-order valence-corrected chi connectivity index (χ4v) is 3.31. The van der Waals surface area contributed by atoms with E-state index in [-0.39, 0.29) is 5.97 Å². The number of ether oxygens (including phenoxy) is 2. The van der Waals surface area contributed by atoms with E-state index < -0.39 is 0 Å². The molecule has 2 aliphatic heterocycles. The Bertz CT molecular complexity index is 612. The number of hydrogen-bond donors (Lipinski definition) is 0. The van der Waals surface area contributed by atoms with Crippen LogP contribution in [0.3, 0.4) is 0 Å². The molecule has 0 atom stereocenters. The molecule has 0 radical (unpaired) electrons. The average Bonchev–Trinajstić information content (AvgIpc) is 2.64. The fraction of sp³-hybridized carbons (Fsp3) is 0.579. The zero-order valence-corrected chi connectivity index (χ0v) is 14.9. The summed E-state index contributed by atoms with van der Waals surface area (Å²) in [5.41, 5.74) is 2.18. The van der Waals surface area contributed by atoms with Crippen LogP contribution in [0.4, 0.5) is 11.4 Å². The number of nitrogens with zero attached hydrogens (tertiary/aromatic N) is 3. The van der Waals surface area contributed by atoms with Crippen LogP contribution in [-0.4, -0.2) is 62.7 Å². The van der Waals surface area contributed by atoms with Gasteiger partial charge in [-0.3, -0.25) is 4.79 Å². The third-order valence-corrected chi connectivity index (χ3v) is 4.59. The third-order valence-electron chi connectivity index (χ3n) is 4.59. The third kappa shape index (κ3) is 4.95. The molecule has 1 aromatic rings. The molecule has 6 nitrogen and oxygen atoms in total. The lowest BCUT2D eigenvalue weighted by atomic mass is 10.1. The Kier molecular flexibility index (Phi) is 6.28.